The maximum atomic E-state index is 12.2. The number of hydrogen-bond donors (Lipinski definition) is 2. The first kappa shape index (κ1) is 16.4. The van der Waals surface area contributed by atoms with Crippen molar-refractivity contribution >= 4 is 11.6 Å². The van der Waals surface area contributed by atoms with Gasteiger partial charge in [0.15, 0.2) is 0 Å². The van der Waals surface area contributed by atoms with Crippen LogP contribution in [0.1, 0.15) is 37.7 Å². The molecule has 1 atom stereocenters. The molecule has 1 amide bonds. The smallest absolute Gasteiger partial charge is 0.273 e. The quantitative estimate of drug-likeness (QED) is 0.621. The highest BCUT2D eigenvalue weighted by Gasteiger charge is 2.24. The lowest BCUT2D eigenvalue weighted by molar-refractivity contribution is -0.385. The Morgan fingerprint density at radius 1 is 1.32 bits per heavy atom. The Kier molecular flexibility index (Phi) is 5.89. The van der Waals surface area contributed by atoms with Crippen LogP contribution < -0.4 is 11.1 Å². The zero-order valence-corrected chi connectivity index (χ0v) is 12.7. The molecule has 120 valence electrons. The Hall–Kier alpha value is -1.95. The second-order valence-corrected chi connectivity index (χ2v) is 5.87. The van der Waals surface area contributed by atoms with Crippen molar-refractivity contribution in [1.29, 1.82) is 0 Å². The first-order valence-electron chi connectivity index (χ1n) is 7.83. The number of nitrogens with two attached hydrogens (primary N) is 1. The summed E-state index contributed by atoms with van der Waals surface area (Å²) < 4.78 is 0. The van der Waals surface area contributed by atoms with E-state index in [1.807, 2.05) is 0 Å². The number of carbonyl (C=O) groups is 1. The number of rotatable bonds is 6. The van der Waals surface area contributed by atoms with Crippen LogP contribution >= 0.6 is 0 Å². The second kappa shape index (κ2) is 7.89. The number of nitrogens with zero attached hydrogens (tertiary/aromatic N) is 1. The largest absolute Gasteiger partial charge is 0.352 e. The van der Waals surface area contributed by atoms with Gasteiger partial charge in [0.05, 0.1) is 11.3 Å². The van der Waals surface area contributed by atoms with Crippen molar-refractivity contribution in [3.05, 3.63) is 39.9 Å². The fourth-order valence-corrected chi connectivity index (χ4v) is 3.17. The third-order valence-corrected chi connectivity index (χ3v) is 4.36. The molecule has 1 aliphatic rings. The molecule has 0 aromatic heterocycles. The van der Waals surface area contributed by atoms with Crippen molar-refractivity contribution in [2.75, 3.05) is 6.54 Å². The maximum Gasteiger partial charge on any atom is 0.273 e. The Morgan fingerprint density at radius 2 is 2.00 bits per heavy atom. The van der Waals surface area contributed by atoms with Gasteiger partial charge in [-0.2, -0.15) is 0 Å². The number of nitro groups is 1. The molecule has 0 radical (unpaired) electrons. The van der Waals surface area contributed by atoms with E-state index in [0.717, 1.165) is 12.8 Å². The van der Waals surface area contributed by atoms with E-state index in [1.54, 1.807) is 18.2 Å². The predicted octanol–water partition coefficient (Wildman–Crippen LogP) is 2.16. The molecule has 1 saturated carbocycles. The van der Waals surface area contributed by atoms with Crippen LogP contribution in [0.3, 0.4) is 0 Å². The highest BCUT2D eigenvalue weighted by atomic mass is 16.6. The predicted molar refractivity (Wildman–Crippen MR) is 84.4 cm³/mol. The second-order valence-electron chi connectivity index (χ2n) is 5.87. The van der Waals surface area contributed by atoms with Gasteiger partial charge in [0.25, 0.3) is 5.69 Å². The van der Waals surface area contributed by atoms with Gasteiger partial charge in [-0.1, -0.05) is 37.5 Å². The molecule has 22 heavy (non-hydrogen) atoms. The molecule has 0 spiro atoms. The number of nitrogens with one attached hydrogen (secondary N) is 1. The van der Waals surface area contributed by atoms with E-state index in [9.17, 15) is 14.9 Å². The number of benzene rings is 1. The minimum atomic E-state index is -0.454. The number of para-hydroxylation sites is 1. The molecule has 0 bridgehead atoms. The summed E-state index contributed by atoms with van der Waals surface area (Å²) in [5, 5.41) is 13.9. The lowest BCUT2D eigenvalue weighted by Crippen LogP contribution is -2.46. The molecule has 1 aromatic rings. The third kappa shape index (κ3) is 4.27. The molecular formula is C16H23N3O3. The van der Waals surface area contributed by atoms with Crippen molar-refractivity contribution in [2.24, 2.45) is 11.7 Å². The standard InChI is InChI=1S/C16H23N3O3/c17-11-14(12-6-2-1-3-7-12)18-16(20)10-13-8-4-5-9-15(13)19(21)22/h4-5,8-9,12,14H,1-3,6-7,10-11,17H2,(H,18,20). The molecule has 1 aliphatic carbocycles. The molecule has 0 saturated heterocycles. The van der Waals surface area contributed by atoms with E-state index in [4.69, 9.17) is 5.73 Å². The van der Waals surface area contributed by atoms with E-state index in [0.29, 0.717) is 18.0 Å². The Morgan fingerprint density at radius 3 is 2.64 bits per heavy atom. The summed E-state index contributed by atoms with van der Waals surface area (Å²) in [4.78, 5) is 22.7. The van der Waals surface area contributed by atoms with E-state index >= 15 is 0 Å². The molecule has 3 N–H and O–H groups in total. The summed E-state index contributed by atoms with van der Waals surface area (Å²) in [7, 11) is 0. The van der Waals surface area contributed by atoms with Gasteiger partial charge in [-0.15, -0.1) is 0 Å². The number of amides is 1. The normalized spacial score (nSPS) is 17.0. The number of hydrogen-bond acceptors (Lipinski definition) is 4. The van der Waals surface area contributed by atoms with Crippen LogP contribution in [0.4, 0.5) is 5.69 Å². The average molecular weight is 305 g/mol. The first-order valence-corrected chi connectivity index (χ1v) is 7.83. The van der Waals surface area contributed by atoms with Crippen molar-refractivity contribution in [2.45, 2.75) is 44.6 Å². The van der Waals surface area contributed by atoms with Gasteiger partial charge in [-0.05, 0) is 18.8 Å². The fraction of sp³-hybridized carbons (Fsp3) is 0.562. The molecule has 0 heterocycles. The molecule has 0 aliphatic heterocycles. The first-order chi connectivity index (χ1) is 10.6. The van der Waals surface area contributed by atoms with Crippen LogP contribution in [0.2, 0.25) is 0 Å². The average Bonchev–Trinajstić information content (AvgIpc) is 2.53. The Balaban J connectivity index is 1.98. The summed E-state index contributed by atoms with van der Waals surface area (Å²) in [6.45, 7) is 0.410. The van der Waals surface area contributed by atoms with E-state index < -0.39 is 4.92 Å². The summed E-state index contributed by atoms with van der Waals surface area (Å²) >= 11 is 0. The number of nitro benzene ring substituents is 1. The lowest BCUT2D eigenvalue weighted by Gasteiger charge is -2.30. The minimum absolute atomic E-state index is 0.0142. The highest BCUT2D eigenvalue weighted by Crippen LogP contribution is 2.26. The van der Waals surface area contributed by atoms with Gasteiger partial charge < -0.3 is 11.1 Å². The summed E-state index contributed by atoms with van der Waals surface area (Å²) in [5.74, 6) is 0.226. The minimum Gasteiger partial charge on any atom is -0.352 e. The van der Waals surface area contributed by atoms with Crippen LogP contribution in [-0.2, 0) is 11.2 Å². The Labute approximate surface area is 130 Å². The monoisotopic (exact) mass is 305 g/mol. The van der Waals surface area contributed by atoms with Crippen molar-refractivity contribution < 1.29 is 9.72 Å². The zero-order valence-electron chi connectivity index (χ0n) is 12.7. The fourth-order valence-electron chi connectivity index (χ4n) is 3.17. The van der Waals surface area contributed by atoms with Crippen molar-refractivity contribution in [3.63, 3.8) is 0 Å². The zero-order chi connectivity index (χ0) is 15.9. The van der Waals surface area contributed by atoms with Crippen LogP contribution in [0, 0.1) is 16.0 Å². The van der Waals surface area contributed by atoms with Gasteiger partial charge in [-0.25, -0.2) is 0 Å². The highest BCUT2D eigenvalue weighted by molar-refractivity contribution is 5.80. The van der Waals surface area contributed by atoms with Gasteiger partial charge in [-0.3, -0.25) is 14.9 Å². The molecule has 2 rings (SSSR count). The van der Waals surface area contributed by atoms with Gasteiger partial charge in [0.2, 0.25) is 5.91 Å². The van der Waals surface area contributed by atoms with Crippen molar-refractivity contribution in [1.82, 2.24) is 5.32 Å². The summed E-state index contributed by atoms with van der Waals surface area (Å²) in [6.07, 6.45) is 5.81. The number of carbonyl (C=O) groups excluding carboxylic acids is 1. The summed E-state index contributed by atoms with van der Waals surface area (Å²) in [5.41, 5.74) is 6.22. The summed E-state index contributed by atoms with van der Waals surface area (Å²) in [6, 6.07) is 6.32. The molecule has 1 unspecified atom stereocenters. The van der Waals surface area contributed by atoms with Crippen molar-refractivity contribution in [3.8, 4) is 0 Å². The van der Waals surface area contributed by atoms with E-state index in [2.05, 4.69) is 5.32 Å². The molecule has 6 heteroatoms. The topological polar surface area (TPSA) is 98.3 Å². The molecular weight excluding hydrogens is 282 g/mol. The van der Waals surface area contributed by atoms with Crippen LogP contribution in [0.5, 0.6) is 0 Å². The van der Waals surface area contributed by atoms with Gasteiger partial charge in [0, 0.05) is 24.2 Å². The molecule has 1 fully saturated rings. The van der Waals surface area contributed by atoms with E-state index in [1.165, 1.54) is 25.3 Å². The van der Waals surface area contributed by atoms with Crippen LogP contribution in [0.25, 0.3) is 0 Å². The third-order valence-electron chi connectivity index (χ3n) is 4.36. The van der Waals surface area contributed by atoms with Crippen LogP contribution in [0.15, 0.2) is 24.3 Å². The lowest BCUT2D eigenvalue weighted by atomic mass is 9.84. The van der Waals surface area contributed by atoms with E-state index in [-0.39, 0.29) is 24.1 Å². The Bertz CT molecular complexity index is 527. The maximum absolute atomic E-state index is 12.2. The molecule has 6 nitrogen and oxygen atoms in total. The SMILES string of the molecule is NCC(NC(=O)Cc1ccccc1[N+](=O)[O-])C1CCCCC1. The van der Waals surface area contributed by atoms with Crippen LogP contribution in [-0.4, -0.2) is 23.4 Å². The van der Waals surface area contributed by atoms with Gasteiger partial charge >= 0.3 is 0 Å². The molecule has 1 aromatic carbocycles. The van der Waals surface area contributed by atoms with Gasteiger partial charge in [0.1, 0.15) is 0 Å².